The van der Waals surface area contributed by atoms with Crippen LogP contribution in [0, 0.1) is 13.8 Å². The van der Waals surface area contributed by atoms with Gasteiger partial charge in [0, 0.05) is 0 Å². The number of halogens is 1. The third-order valence-electron chi connectivity index (χ3n) is 2.89. The predicted octanol–water partition coefficient (Wildman–Crippen LogP) is 4.05. The number of aryl methyl sites for hydroxylation is 2. The highest BCUT2D eigenvalue weighted by atomic mass is 79.9. The Morgan fingerprint density at radius 3 is 2.55 bits per heavy atom. The molecule has 2 aromatic rings. The fourth-order valence-electron chi connectivity index (χ4n) is 1.64. The molecule has 0 bridgehead atoms. The molecule has 20 heavy (non-hydrogen) atoms. The number of carbonyl (C=O) groups excluding carboxylic acids is 1. The van der Waals surface area contributed by atoms with Gasteiger partial charge in [-0.1, -0.05) is 18.2 Å². The molecule has 2 aromatic carbocycles. The zero-order chi connectivity index (χ0) is 14.5. The van der Waals surface area contributed by atoms with Crippen molar-refractivity contribution in [3.63, 3.8) is 0 Å². The van der Waals surface area contributed by atoms with Gasteiger partial charge in [0.15, 0.2) is 6.61 Å². The Hall–Kier alpha value is -1.81. The van der Waals surface area contributed by atoms with Crippen LogP contribution in [0.4, 0.5) is 0 Å². The van der Waals surface area contributed by atoms with Crippen LogP contribution in [0.5, 0.6) is 11.5 Å². The van der Waals surface area contributed by atoms with E-state index in [2.05, 4.69) is 15.9 Å². The summed E-state index contributed by atoms with van der Waals surface area (Å²) in [6.07, 6.45) is 0. The first-order valence-electron chi connectivity index (χ1n) is 6.21. The predicted molar refractivity (Wildman–Crippen MR) is 81.2 cm³/mol. The van der Waals surface area contributed by atoms with Crippen LogP contribution in [0.2, 0.25) is 0 Å². The zero-order valence-corrected chi connectivity index (χ0v) is 12.9. The van der Waals surface area contributed by atoms with Crippen LogP contribution in [-0.4, -0.2) is 12.6 Å². The average molecular weight is 335 g/mol. The topological polar surface area (TPSA) is 35.5 Å². The van der Waals surface area contributed by atoms with Gasteiger partial charge >= 0.3 is 5.97 Å². The van der Waals surface area contributed by atoms with E-state index < -0.39 is 5.97 Å². The van der Waals surface area contributed by atoms with E-state index >= 15 is 0 Å². The first-order chi connectivity index (χ1) is 9.56. The Bertz CT molecular complexity index is 623. The SMILES string of the molecule is Cc1ccc(OC(=O)COc2ccccc2Br)cc1C. The van der Waals surface area contributed by atoms with Crippen LogP contribution >= 0.6 is 15.9 Å². The second-order valence-electron chi connectivity index (χ2n) is 4.44. The molecule has 0 N–H and O–H groups in total. The Labute approximate surface area is 126 Å². The molecule has 0 unspecified atom stereocenters. The first-order valence-corrected chi connectivity index (χ1v) is 7.01. The van der Waals surface area contributed by atoms with Crippen LogP contribution in [0.15, 0.2) is 46.9 Å². The highest BCUT2D eigenvalue weighted by Crippen LogP contribution is 2.23. The molecule has 0 amide bonds. The quantitative estimate of drug-likeness (QED) is 0.625. The molecule has 0 aliphatic carbocycles. The number of hydrogen-bond acceptors (Lipinski definition) is 3. The van der Waals surface area contributed by atoms with Crippen LogP contribution < -0.4 is 9.47 Å². The number of carbonyl (C=O) groups is 1. The third kappa shape index (κ3) is 3.84. The van der Waals surface area contributed by atoms with Crippen molar-refractivity contribution >= 4 is 21.9 Å². The number of esters is 1. The normalized spacial score (nSPS) is 10.2. The molecular weight excluding hydrogens is 320 g/mol. The second kappa shape index (κ2) is 6.57. The molecule has 0 heterocycles. The lowest BCUT2D eigenvalue weighted by Gasteiger charge is -2.09. The van der Waals surface area contributed by atoms with Crippen molar-refractivity contribution in [2.45, 2.75) is 13.8 Å². The van der Waals surface area contributed by atoms with Gasteiger partial charge in [0.2, 0.25) is 0 Å². The molecule has 104 valence electrons. The number of benzene rings is 2. The van der Waals surface area contributed by atoms with E-state index in [1.165, 1.54) is 0 Å². The van der Waals surface area contributed by atoms with Gasteiger partial charge < -0.3 is 9.47 Å². The minimum atomic E-state index is -0.427. The van der Waals surface area contributed by atoms with Gasteiger partial charge in [0.1, 0.15) is 11.5 Å². The van der Waals surface area contributed by atoms with E-state index in [4.69, 9.17) is 9.47 Å². The maximum atomic E-state index is 11.7. The van der Waals surface area contributed by atoms with Crippen molar-refractivity contribution in [1.29, 1.82) is 0 Å². The summed E-state index contributed by atoms with van der Waals surface area (Å²) in [4.78, 5) is 11.7. The molecule has 0 aliphatic heterocycles. The summed E-state index contributed by atoms with van der Waals surface area (Å²) < 4.78 is 11.4. The van der Waals surface area contributed by atoms with Crippen LogP contribution in [0.25, 0.3) is 0 Å². The highest BCUT2D eigenvalue weighted by molar-refractivity contribution is 9.10. The van der Waals surface area contributed by atoms with Gasteiger partial charge in [0.05, 0.1) is 4.47 Å². The lowest BCUT2D eigenvalue weighted by molar-refractivity contribution is -0.136. The van der Waals surface area contributed by atoms with Crippen molar-refractivity contribution in [2.75, 3.05) is 6.61 Å². The Kier molecular flexibility index (Phi) is 4.79. The smallest absolute Gasteiger partial charge is 0.349 e. The van der Waals surface area contributed by atoms with E-state index in [-0.39, 0.29) is 6.61 Å². The molecule has 3 nitrogen and oxygen atoms in total. The summed E-state index contributed by atoms with van der Waals surface area (Å²) in [5.41, 5.74) is 2.25. The molecule has 0 fully saturated rings. The monoisotopic (exact) mass is 334 g/mol. The molecule has 0 saturated carbocycles. The molecule has 0 aliphatic rings. The summed E-state index contributed by atoms with van der Waals surface area (Å²) >= 11 is 3.35. The lowest BCUT2D eigenvalue weighted by Crippen LogP contribution is -2.17. The summed E-state index contributed by atoms with van der Waals surface area (Å²) in [5.74, 6) is 0.724. The summed E-state index contributed by atoms with van der Waals surface area (Å²) in [7, 11) is 0. The Morgan fingerprint density at radius 2 is 1.85 bits per heavy atom. The third-order valence-corrected chi connectivity index (χ3v) is 3.55. The Morgan fingerprint density at radius 1 is 1.10 bits per heavy atom. The van der Waals surface area contributed by atoms with E-state index in [9.17, 15) is 4.79 Å². The highest BCUT2D eigenvalue weighted by Gasteiger charge is 2.08. The van der Waals surface area contributed by atoms with E-state index in [1.807, 2.05) is 44.2 Å². The van der Waals surface area contributed by atoms with Crippen molar-refractivity contribution in [3.05, 3.63) is 58.1 Å². The Balaban J connectivity index is 1.93. The number of hydrogen-bond donors (Lipinski definition) is 0. The standard InChI is InChI=1S/C16H15BrO3/c1-11-7-8-13(9-12(11)2)20-16(18)10-19-15-6-4-3-5-14(15)17/h3-9H,10H2,1-2H3. The average Bonchev–Trinajstić information content (AvgIpc) is 2.42. The minimum Gasteiger partial charge on any atom is -0.481 e. The number of ether oxygens (including phenoxy) is 2. The van der Waals surface area contributed by atoms with Crippen LogP contribution in [-0.2, 0) is 4.79 Å². The maximum absolute atomic E-state index is 11.7. The molecule has 0 aromatic heterocycles. The molecule has 4 heteroatoms. The van der Waals surface area contributed by atoms with Gasteiger partial charge in [0.25, 0.3) is 0 Å². The summed E-state index contributed by atoms with van der Waals surface area (Å²) in [6.45, 7) is 3.86. The van der Waals surface area contributed by atoms with Gasteiger partial charge in [-0.3, -0.25) is 0 Å². The lowest BCUT2D eigenvalue weighted by atomic mass is 10.1. The van der Waals surface area contributed by atoms with E-state index in [0.29, 0.717) is 11.5 Å². The molecule has 0 saturated heterocycles. The van der Waals surface area contributed by atoms with Crippen molar-refractivity contribution in [3.8, 4) is 11.5 Å². The molecule has 0 spiro atoms. The molecule has 0 atom stereocenters. The van der Waals surface area contributed by atoms with Gasteiger partial charge in [-0.05, 0) is 65.2 Å². The molecule has 2 rings (SSSR count). The maximum Gasteiger partial charge on any atom is 0.349 e. The largest absolute Gasteiger partial charge is 0.481 e. The summed E-state index contributed by atoms with van der Waals surface area (Å²) in [5, 5.41) is 0. The zero-order valence-electron chi connectivity index (χ0n) is 11.4. The van der Waals surface area contributed by atoms with Gasteiger partial charge in [-0.25, -0.2) is 4.79 Å². The molecule has 0 radical (unpaired) electrons. The fourth-order valence-corrected chi connectivity index (χ4v) is 2.04. The van der Waals surface area contributed by atoms with Crippen molar-refractivity contribution in [2.24, 2.45) is 0 Å². The van der Waals surface area contributed by atoms with E-state index in [1.54, 1.807) is 12.1 Å². The number of para-hydroxylation sites is 1. The summed E-state index contributed by atoms with van der Waals surface area (Å²) in [6, 6.07) is 12.9. The van der Waals surface area contributed by atoms with Crippen molar-refractivity contribution < 1.29 is 14.3 Å². The first kappa shape index (κ1) is 14.6. The van der Waals surface area contributed by atoms with Crippen molar-refractivity contribution in [1.82, 2.24) is 0 Å². The minimum absolute atomic E-state index is 0.129. The second-order valence-corrected chi connectivity index (χ2v) is 5.29. The van der Waals surface area contributed by atoms with Gasteiger partial charge in [-0.15, -0.1) is 0 Å². The van der Waals surface area contributed by atoms with E-state index in [0.717, 1.165) is 15.6 Å². The number of rotatable bonds is 4. The van der Waals surface area contributed by atoms with Crippen LogP contribution in [0.3, 0.4) is 0 Å². The molecular formula is C16H15BrO3. The van der Waals surface area contributed by atoms with Gasteiger partial charge in [-0.2, -0.15) is 0 Å². The fraction of sp³-hybridized carbons (Fsp3) is 0.188. The van der Waals surface area contributed by atoms with Crippen LogP contribution in [0.1, 0.15) is 11.1 Å².